The molecule has 0 aliphatic rings. The van der Waals surface area contributed by atoms with Crippen LogP contribution in [0.4, 0.5) is 0 Å². The van der Waals surface area contributed by atoms with E-state index in [0.717, 1.165) is 0 Å². The van der Waals surface area contributed by atoms with Crippen molar-refractivity contribution in [2.45, 2.75) is 0 Å². The average Bonchev–Trinajstić information content (AvgIpc) is 2.15. The number of aromatic hydroxyl groups is 2. The molecule has 5 heteroatoms. The summed E-state index contributed by atoms with van der Waals surface area (Å²) in [6.07, 6.45) is 0.547. The summed E-state index contributed by atoms with van der Waals surface area (Å²) in [7, 11) is 1.33. The standard InChI is InChI=1S/C8H7BrO4/c1-13-5-2-4(3-10)6(9)8(12)7(5)11/h2-3,11-12H,1H3. The molecule has 1 aromatic carbocycles. The van der Waals surface area contributed by atoms with Gasteiger partial charge in [-0.1, -0.05) is 0 Å². The Labute approximate surface area is 82.9 Å². The fraction of sp³-hybridized carbons (Fsp3) is 0.125. The number of benzene rings is 1. The molecular formula is C8H7BrO4. The van der Waals surface area contributed by atoms with Gasteiger partial charge in [0.25, 0.3) is 0 Å². The molecule has 0 saturated carbocycles. The van der Waals surface area contributed by atoms with Crippen LogP contribution < -0.4 is 4.74 Å². The van der Waals surface area contributed by atoms with E-state index in [1.807, 2.05) is 0 Å². The summed E-state index contributed by atoms with van der Waals surface area (Å²) < 4.78 is 4.89. The predicted octanol–water partition coefficient (Wildman–Crippen LogP) is 1.68. The number of rotatable bonds is 2. The molecule has 0 aliphatic carbocycles. The summed E-state index contributed by atoms with van der Waals surface area (Å²) in [5, 5.41) is 18.6. The molecule has 2 N–H and O–H groups in total. The summed E-state index contributed by atoms with van der Waals surface area (Å²) in [6.45, 7) is 0. The number of phenolic OH excluding ortho intramolecular Hbond substituents is 2. The smallest absolute Gasteiger partial charge is 0.201 e. The highest BCUT2D eigenvalue weighted by Crippen LogP contribution is 2.42. The predicted molar refractivity (Wildman–Crippen MR) is 49.4 cm³/mol. The van der Waals surface area contributed by atoms with Gasteiger partial charge in [0.2, 0.25) is 5.75 Å². The Morgan fingerprint density at radius 3 is 2.54 bits per heavy atom. The van der Waals surface area contributed by atoms with Gasteiger partial charge in [-0.25, -0.2) is 0 Å². The van der Waals surface area contributed by atoms with Crippen molar-refractivity contribution in [3.05, 3.63) is 16.1 Å². The summed E-state index contributed by atoms with van der Waals surface area (Å²) in [5.41, 5.74) is 0.215. The van der Waals surface area contributed by atoms with Crippen molar-refractivity contribution < 1.29 is 19.7 Å². The highest BCUT2D eigenvalue weighted by Gasteiger charge is 2.15. The molecule has 0 spiro atoms. The Morgan fingerprint density at radius 2 is 2.08 bits per heavy atom. The van der Waals surface area contributed by atoms with Crippen LogP contribution in [-0.4, -0.2) is 23.6 Å². The molecule has 0 radical (unpaired) electrons. The maximum atomic E-state index is 10.5. The quantitative estimate of drug-likeness (QED) is 0.616. The number of ether oxygens (including phenoxy) is 1. The molecule has 70 valence electrons. The fourth-order valence-corrected chi connectivity index (χ4v) is 1.27. The summed E-state index contributed by atoms with van der Waals surface area (Å²) in [4.78, 5) is 10.5. The number of phenols is 2. The minimum atomic E-state index is -0.401. The van der Waals surface area contributed by atoms with Crippen LogP contribution in [0.5, 0.6) is 17.2 Å². The molecule has 0 aromatic heterocycles. The topological polar surface area (TPSA) is 66.8 Å². The van der Waals surface area contributed by atoms with Gasteiger partial charge in [-0.05, 0) is 22.0 Å². The van der Waals surface area contributed by atoms with E-state index in [4.69, 9.17) is 4.74 Å². The highest BCUT2D eigenvalue weighted by atomic mass is 79.9. The number of aldehydes is 1. The molecule has 13 heavy (non-hydrogen) atoms. The molecule has 0 fully saturated rings. The van der Waals surface area contributed by atoms with E-state index in [-0.39, 0.29) is 21.5 Å². The van der Waals surface area contributed by atoms with Gasteiger partial charge in [0, 0.05) is 5.56 Å². The zero-order chi connectivity index (χ0) is 10.0. The van der Waals surface area contributed by atoms with Gasteiger partial charge in [0.1, 0.15) is 0 Å². The molecule has 1 rings (SSSR count). The Balaban J connectivity index is 3.45. The molecule has 0 bridgehead atoms. The summed E-state index contributed by atoms with van der Waals surface area (Å²) in [5.74, 6) is -0.732. The number of hydrogen-bond donors (Lipinski definition) is 2. The van der Waals surface area contributed by atoms with Crippen LogP contribution in [0.15, 0.2) is 10.5 Å². The molecule has 0 aliphatic heterocycles. The minimum Gasteiger partial charge on any atom is -0.503 e. The lowest BCUT2D eigenvalue weighted by Crippen LogP contribution is -1.89. The van der Waals surface area contributed by atoms with Crippen molar-refractivity contribution in [3.63, 3.8) is 0 Å². The average molecular weight is 247 g/mol. The zero-order valence-corrected chi connectivity index (χ0v) is 8.33. The Kier molecular flexibility index (Phi) is 2.77. The van der Waals surface area contributed by atoms with Crippen molar-refractivity contribution in [3.8, 4) is 17.2 Å². The number of hydrogen-bond acceptors (Lipinski definition) is 4. The van der Waals surface area contributed by atoms with Crippen LogP contribution in [0.3, 0.4) is 0 Å². The molecule has 0 unspecified atom stereocenters. The first-order valence-corrected chi connectivity index (χ1v) is 4.14. The van der Waals surface area contributed by atoms with Gasteiger partial charge in [-0.15, -0.1) is 0 Å². The van der Waals surface area contributed by atoms with Crippen molar-refractivity contribution in [1.82, 2.24) is 0 Å². The van der Waals surface area contributed by atoms with E-state index in [2.05, 4.69) is 15.9 Å². The van der Waals surface area contributed by atoms with Crippen molar-refractivity contribution in [2.75, 3.05) is 7.11 Å². The number of halogens is 1. The fourth-order valence-electron chi connectivity index (χ4n) is 0.872. The SMILES string of the molecule is COc1cc(C=O)c(Br)c(O)c1O. The number of methoxy groups -OCH3 is 1. The van der Waals surface area contributed by atoms with Crippen LogP contribution in [0, 0.1) is 0 Å². The first-order valence-electron chi connectivity index (χ1n) is 3.35. The largest absolute Gasteiger partial charge is 0.503 e. The lowest BCUT2D eigenvalue weighted by atomic mass is 10.2. The first-order chi connectivity index (χ1) is 6.11. The second-order valence-corrected chi connectivity index (χ2v) is 3.09. The van der Waals surface area contributed by atoms with Gasteiger partial charge in [-0.3, -0.25) is 4.79 Å². The van der Waals surface area contributed by atoms with Gasteiger partial charge < -0.3 is 14.9 Å². The molecule has 1 aromatic rings. The van der Waals surface area contributed by atoms with Crippen LogP contribution in [0.25, 0.3) is 0 Å². The second kappa shape index (κ2) is 3.66. The van der Waals surface area contributed by atoms with Gasteiger partial charge in [-0.2, -0.15) is 0 Å². The molecular weight excluding hydrogens is 240 g/mol. The van der Waals surface area contributed by atoms with Crippen LogP contribution >= 0.6 is 15.9 Å². The lowest BCUT2D eigenvalue weighted by Gasteiger charge is -2.07. The summed E-state index contributed by atoms with van der Waals surface area (Å²) >= 11 is 2.96. The van der Waals surface area contributed by atoms with Crippen LogP contribution in [-0.2, 0) is 0 Å². The zero-order valence-electron chi connectivity index (χ0n) is 6.74. The molecule has 0 heterocycles. The maximum Gasteiger partial charge on any atom is 0.201 e. The molecule has 4 nitrogen and oxygen atoms in total. The van der Waals surface area contributed by atoms with Gasteiger partial charge in [0.15, 0.2) is 17.8 Å². The van der Waals surface area contributed by atoms with E-state index >= 15 is 0 Å². The van der Waals surface area contributed by atoms with Crippen molar-refractivity contribution >= 4 is 22.2 Å². The van der Waals surface area contributed by atoms with Crippen LogP contribution in [0.2, 0.25) is 0 Å². The van der Waals surface area contributed by atoms with Crippen LogP contribution in [0.1, 0.15) is 10.4 Å². The minimum absolute atomic E-state index is 0.0581. The van der Waals surface area contributed by atoms with Gasteiger partial charge >= 0.3 is 0 Å². The van der Waals surface area contributed by atoms with E-state index in [0.29, 0.717) is 6.29 Å². The third kappa shape index (κ3) is 1.60. The van der Waals surface area contributed by atoms with E-state index in [9.17, 15) is 15.0 Å². The van der Waals surface area contributed by atoms with Gasteiger partial charge in [0.05, 0.1) is 11.6 Å². The summed E-state index contributed by atoms with van der Waals surface area (Å²) in [6, 6.07) is 1.33. The van der Waals surface area contributed by atoms with E-state index < -0.39 is 5.75 Å². The van der Waals surface area contributed by atoms with Crippen molar-refractivity contribution in [2.24, 2.45) is 0 Å². The Hall–Kier alpha value is -1.23. The number of carbonyl (C=O) groups excluding carboxylic acids is 1. The third-order valence-electron chi connectivity index (χ3n) is 1.55. The molecule has 0 amide bonds. The second-order valence-electron chi connectivity index (χ2n) is 2.30. The maximum absolute atomic E-state index is 10.5. The van der Waals surface area contributed by atoms with E-state index in [1.54, 1.807) is 0 Å². The Bertz CT molecular complexity index is 348. The number of carbonyl (C=O) groups is 1. The third-order valence-corrected chi connectivity index (χ3v) is 2.39. The molecule has 0 saturated heterocycles. The lowest BCUT2D eigenvalue weighted by molar-refractivity contribution is 0.112. The Morgan fingerprint density at radius 1 is 1.46 bits per heavy atom. The van der Waals surface area contributed by atoms with Crippen molar-refractivity contribution in [1.29, 1.82) is 0 Å². The normalized spacial score (nSPS) is 9.69. The molecule has 0 atom stereocenters. The highest BCUT2D eigenvalue weighted by molar-refractivity contribution is 9.10. The first kappa shape index (κ1) is 9.85. The monoisotopic (exact) mass is 246 g/mol. The van der Waals surface area contributed by atoms with E-state index in [1.165, 1.54) is 13.2 Å².